The standard InChI is InChI=1S/C50H87NO8/c1-6-8-10-12-14-16-18-20-22-23-24-25-27-28-30-32-34-36-38-40-47(52)57-44-46(45-58-50(49(54)55)56-43-42-51(3,4)5)59-48(53)41-39-37-35-33-31-29-26-21-19-17-15-13-11-9-7-2/h9,11,15,17,20-22,26,31,33,46,50H,6-8,10,12-14,16,18-19,23-25,27-30,32,34-45H2,1-5H3/b11-9-,17-15-,22-20-,26-21-,33-31-. The number of ether oxygens (including phenoxy) is 4. The number of carboxylic acids is 1. The Hall–Kier alpha value is -3.01. The SMILES string of the molecule is CC/C=C\C/C=C\C/C=C\C/C=C\CCCCC(=O)OC(COC(=O)CCCCCCCCCCC/C=C\CCCCCCCC)COC(OCC[N+](C)(C)C)C(=O)[O-]. The third-order valence-electron chi connectivity index (χ3n) is 9.75. The van der Waals surface area contributed by atoms with Crippen molar-refractivity contribution >= 4 is 17.9 Å². The van der Waals surface area contributed by atoms with E-state index in [0.717, 1.165) is 57.8 Å². The first-order chi connectivity index (χ1) is 28.6. The third-order valence-corrected chi connectivity index (χ3v) is 9.75. The zero-order valence-corrected chi connectivity index (χ0v) is 38.4. The highest BCUT2D eigenvalue weighted by Crippen LogP contribution is 2.14. The third kappa shape index (κ3) is 42.9. The highest BCUT2D eigenvalue weighted by Gasteiger charge is 2.21. The van der Waals surface area contributed by atoms with E-state index in [9.17, 15) is 19.5 Å². The maximum absolute atomic E-state index is 12.7. The van der Waals surface area contributed by atoms with Gasteiger partial charge in [-0.25, -0.2) is 0 Å². The van der Waals surface area contributed by atoms with Gasteiger partial charge in [0, 0.05) is 12.8 Å². The molecule has 0 spiro atoms. The quantitative estimate of drug-likeness (QED) is 0.0197. The second-order valence-electron chi connectivity index (χ2n) is 16.7. The molecule has 0 aliphatic rings. The summed E-state index contributed by atoms with van der Waals surface area (Å²) >= 11 is 0. The maximum Gasteiger partial charge on any atom is 0.306 e. The van der Waals surface area contributed by atoms with Crippen LogP contribution in [0.5, 0.6) is 0 Å². The van der Waals surface area contributed by atoms with Crippen molar-refractivity contribution in [2.75, 3.05) is 47.5 Å². The van der Waals surface area contributed by atoms with Crippen molar-refractivity contribution in [3.05, 3.63) is 60.8 Å². The van der Waals surface area contributed by atoms with Gasteiger partial charge in [-0.2, -0.15) is 0 Å². The van der Waals surface area contributed by atoms with Crippen LogP contribution < -0.4 is 5.11 Å². The first-order valence-electron chi connectivity index (χ1n) is 23.4. The van der Waals surface area contributed by atoms with Crippen LogP contribution in [0.2, 0.25) is 0 Å². The normalized spacial score (nSPS) is 13.4. The molecule has 0 aliphatic heterocycles. The summed E-state index contributed by atoms with van der Waals surface area (Å²) in [6.07, 6.45) is 46.9. The Labute approximate surface area is 361 Å². The van der Waals surface area contributed by atoms with E-state index in [1.165, 1.54) is 89.9 Å². The molecular weight excluding hydrogens is 743 g/mol. The number of hydrogen-bond acceptors (Lipinski definition) is 8. The Bertz CT molecular complexity index is 1150. The molecule has 0 saturated heterocycles. The van der Waals surface area contributed by atoms with Gasteiger partial charge in [0.15, 0.2) is 12.4 Å². The fraction of sp³-hybridized carbons (Fsp3) is 0.740. The summed E-state index contributed by atoms with van der Waals surface area (Å²) in [4.78, 5) is 37.0. The molecule has 9 heteroatoms. The van der Waals surface area contributed by atoms with Crippen LogP contribution in [0.4, 0.5) is 0 Å². The summed E-state index contributed by atoms with van der Waals surface area (Å²) in [7, 11) is 5.89. The van der Waals surface area contributed by atoms with Gasteiger partial charge < -0.3 is 33.3 Å². The number of aliphatic carboxylic acids is 1. The van der Waals surface area contributed by atoms with Crippen molar-refractivity contribution in [1.29, 1.82) is 0 Å². The van der Waals surface area contributed by atoms with Crippen LogP contribution in [0.1, 0.15) is 181 Å². The number of rotatable bonds is 42. The Morgan fingerprint density at radius 2 is 0.966 bits per heavy atom. The van der Waals surface area contributed by atoms with Gasteiger partial charge in [-0.3, -0.25) is 9.59 Å². The highest BCUT2D eigenvalue weighted by atomic mass is 16.7. The minimum Gasteiger partial charge on any atom is -0.545 e. The predicted octanol–water partition coefficient (Wildman–Crippen LogP) is 11.2. The van der Waals surface area contributed by atoms with E-state index in [2.05, 4.69) is 74.6 Å². The molecule has 0 radical (unpaired) electrons. The molecule has 0 fully saturated rings. The van der Waals surface area contributed by atoms with E-state index >= 15 is 0 Å². The smallest absolute Gasteiger partial charge is 0.306 e. The Morgan fingerprint density at radius 3 is 1.49 bits per heavy atom. The Morgan fingerprint density at radius 1 is 0.525 bits per heavy atom. The molecule has 2 atom stereocenters. The van der Waals surface area contributed by atoms with Crippen LogP contribution >= 0.6 is 0 Å². The van der Waals surface area contributed by atoms with E-state index in [1.54, 1.807) is 0 Å². The number of likely N-dealkylation sites (N-methyl/N-ethyl adjacent to an activating group) is 1. The molecule has 0 saturated carbocycles. The molecule has 0 amide bonds. The van der Waals surface area contributed by atoms with E-state index in [1.807, 2.05) is 21.1 Å². The van der Waals surface area contributed by atoms with Crippen molar-refractivity contribution in [1.82, 2.24) is 0 Å². The van der Waals surface area contributed by atoms with Gasteiger partial charge in [-0.05, 0) is 77.0 Å². The van der Waals surface area contributed by atoms with E-state index < -0.39 is 24.3 Å². The van der Waals surface area contributed by atoms with Crippen molar-refractivity contribution in [2.45, 2.75) is 193 Å². The molecule has 9 nitrogen and oxygen atoms in total. The number of carbonyl (C=O) groups is 3. The van der Waals surface area contributed by atoms with Gasteiger partial charge in [0.05, 0.1) is 40.3 Å². The number of allylic oxidation sites excluding steroid dienone is 10. The van der Waals surface area contributed by atoms with Gasteiger partial charge in [0.2, 0.25) is 0 Å². The van der Waals surface area contributed by atoms with Crippen molar-refractivity contribution < 1.29 is 42.9 Å². The number of hydrogen-bond donors (Lipinski definition) is 0. The molecule has 0 aromatic rings. The lowest BCUT2D eigenvalue weighted by Gasteiger charge is -2.26. The van der Waals surface area contributed by atoms with Crippen molar-refractivity contribution in [3.8, 4) is 0 Å². The molecular formula is C50H87NO8. The fourth-order valence-electron chi connectivity index (χ4n) is 6.11. The minimum atomic E-state index is -1.63. The summed E-state index contributed by atoms with van der Waals surface area (Å²) in [6.45, 7) is 4.56. The highest BCUT2D eigenvalue weighted by molar-refractivity contribution is 5.70. The van der Waals surface area contributed by atoms with Crippen LogP contribution in [0.3, 0.4) is 0 Å². The van der Waals surface area contributed by atoms with Crippen LogP contribution in [0.25, 0.3) is 0 Å². The molecule has 0 aromatic carbocycles. The lowest BCUT2D eigenvalue weighted by Crippen LogP contribution is -2.44. The summed E-state index contributed by atoms with van der Waals surface area (Å²) in [5.74, 6) is -2.35. The summed E-state index contributed by atoms with van der Waals surface area (Å²) in [6, 6.07) is 0. The minimum absolute atomic E-state index is 0.137. The van der Waals surface area contributed by atoms with Gasteiger partial charge in [0.25, 0.3) is 0 Å². The van der Waals surface area contributed by atoms with Gasteiger partial charge in [-0.1, -0.05) is 152 Å². The maximum atomic E-state index is 12.7. The zero-order valence-electron chi connectivity index (χ0n) is 38.4. The molecule has 59 heavy (non-hydrogen) atoms. The molecule has 0 bridgehead atoms. The number of esters is 2. The second-order valence-corrected chi connectivity index (χ2v) is 16.7. The average molecular weight is 830 g/mol. The molecule has 0 rings (SSSR count). The molecule has 0 aromatic heterocycles. The molecule has 0 heterocycles. The Kier molecular flexibility index (Phi) is 39.6. The van der Waals surface area contributed by atoms with Crippen LogP contribution in [-0.2, 0) is 33.3 Å². The lowest BCUT2D eigenvalue weighted by atomic mass is 10.1. The zero-order chi connectivity index (χ0) is 43.5. The van der Waals surface area contributed by atoms with Gasteiger partial charge in [-0.15, -0.1) is 0 Å². The summed E-state index contributed by atoms with van der Waals surface area (Å²) in [5.41, 5.74) is 0. The number of carboxylic acid groups (broad SMARTS) is 1. The predicted molar refractivity (Wildman–Crippen MR) is 242 cm³/mol. The number of carbonyl (C=O) groups excluding carboxylic acids is 3. The average Bonchev–Trinajstić information content (AvgIpc) is 3.19. The second kappa shape index (κ2) is 41.7. The van der Waals surface area contributed by atoms with Gasteiger partial charge >= 0.3 is 11.9 Å². The number of nitrogens with zero attached hydrogens (tertiary/aromatic N) is 1. The van der Waals surface area contributed by atoms with Crippen molar-refractivity contribution in [2.24, 2.45) is 0 Å². The first kappa shape index (κ1) is 56.0. The first-order valence-corrected chi connectivity index (χ1v) is 23.4. The molecule has 0 N–H and O–H groups in total. The summed E-state index contributed by atoms with van der Waals surface area (Å²) in [5, 5.41) is 11.7. The van der Waals surface area contributed by atoms with Crippen LogP contribution in [0.15, 0.2) is 60.8 Å². The Balaban J connectivity index is 4.45. The van der Waals surface area contributed by atoms with E-state index in [0.29, 0.717) is 17.4 Å². The topological polar surface area (TPSA) is 111 Å². The fourth-order valence-corrected chi connectivity index (χ4v) is 6.11. The lowest BCUT2D eigenvalue weighted by molar-refractivity contribution is -0.870. The largest absolute Gasteiger partial charge is 0.545 e. The summed E-state index contributed by atoms with van der Waals surface area (Å²) < 4.78 is 22.5. The van der Waals surface area contributed by atoms with E-state index in [-0.39, 0.29) is 38.6 Å². The van der Waals surface area contributed by atoms with Gasteiger partial charge in [0.1, 0.15) is 13.2 Å². The molecule has 340 valence electrons. The monoisotopic (exact) mass is 830 g/mol. The number of unbranched alkanes of at least 4 members (excludes halogenated alkanes) is 17. The number of quaternary nitrogens is 1. The molecule has 2 unspecified atom stereocenters. The van der Waals surface area contributed by atoms with Crippen LogP contribution in [0, 0.1) is 0 Å². The van der Waals surface area contributed by atoms with E-state index in [4.69, 9.17) is 18.9 Å². The molecule has 0 aliphatic carbocycles. The van der Waals surface area contributed by atoms with Crippen molar-refractivity contribution in [3.63, 3.8) is 0 Å². The van der Waals surface area contributed by atoms with Crippen LogP contribution in [-0.4, -0.2) is 82.3 Å².